The maximum absolute atomic E-state index is 11.0. The second kappa shape index (κ2) is 7.45. The summed E-state index contributed by atoms with van der Waals surface area (Å²) in [5.74, 6) is 0. The molecule has 1 aliphatic heterocycles. The summed E-state index contributed by atoms with van der Waals surface area (Å²) >= 11 is 6.08. The van der Waals surface area contributed by atoms with Crippen molar-refractivity contribution in [3.8, 4) is 6.07 Å². The molecule has 3 rings (SSSR count). The lowest BCUT2D eigenvalue weighted by Gasteiger charge is -2.31. The number of hydrogen-bond donors (Lipinski definition) is 1. The van der Waals surface area contributed by atoms with Gasteiger partial charge in [-0.2, -0.15) is 5.26 Å². The topological polar surface area (TPSA) is 50.5 Å². The molecule has 0 aliphatic carbocycles. The molecule has 0 spiro atoms. The van der Waals surface area contributed by atoms with E-state index >= 15 is 0 Å². The summed E-state index contributed by atoms with van der Waals surface area (Å²) in [5.41, 5.74) is 1.78. The van der Waals surface area contributed by atoms with Gasteiger partial charge in [-0.25, -0.2) is 0 Å². The summed E-state index contributed by atoms with van der Waals surface area (Å²) in [6.07, 6.45) is 0.715. The van der Waals surface area contributed by atoms with E-state index in [4.69, 9.17) is 11.6 Å². The highest BCUT2D eigenvalue weighted by molar-refractivity contribution is 6.30. The van der Waals surface area contributed by atoms with Gasteiger partial charge in [0.2, 0.25) is 0 Å². The molecule has 1 saturated heterocycles. The molecule has 0 radical (unpaired) electrons. The Hall–Kier alpha value is -2.06. The van der Waals surface area contributed by atoms with Crippen LogP contribution in [0.3, 0.4) is 0 Å². The molecule has 0 bridgehead atoms. The first-order chi connectivity index (χ1) is 12.0. The third-order valence-corrected chi connectivity index (χ3v) is 4.92. The first-order valence-electron chi connectivity index (χ1n) is 8.38. The monoisotopic (exact) mass is 355 g/mol. The molecule has 2 aromatic rings. The predicted octanol–water partition coefficient (Wildman–Crippen LogP) is 3.28. The molecule has 5 heteroatoms. The fourth-order valence-corrected chi connectivity index (χ4v) is 3.65. The van der Waals surface area contributed by atoms with E-state index in [1.807, 2.05) is 30.1 Å². The smallest absolute Gasteiger partial charge is 0.101 e. The van der Waals surface area contributed by atoms with Gasteiger partial charge in [-0.1, -0.05) is 41.9 Å². The van der Waals surface area contributed by atoms with Crippen molar-refractivity contribution < 1.29 is 5.11 Å². The molecule has 1 fully saturated rings. The van der Waals surface area contributed by atoms with E-state index in [1.165, 1.54) is 5.56 Å². The van der Waals surface area contributed by atoms with Crippen LogP contribution in [-0.4, -0.2) is 42.3 Å². The van der Waals surface area contributed by atoms with Crippen LogP contribution in [0.1, 0.15) is 17.5 Å². The normalized spacial score (nSPS) is 20.4. The molecule has 1 unspecified atom stereocenters. The fourth-order valence-electron chi connectivity index (χ4n) is 3.49. The van der Waals surface area contributed by atoms with Gasteiger partial charge in [-0.15, -0.1) is 0 Å². The van der Waals surface area contributed by atoms with E-state index in [0.717, 1.165) is 18.8 Å². The molecule has 1 atom stereocenters. The van der Waals surface area contributed by atoms with Gasteiger partial charge in [0.25, 0.3) is 0 Å². The molecule has 2 aromatic carbocycles. The van der Waals surface area contributed by atoms with Gasteiger partial charge >= 0.3 is 0 Å². The zero-order valence-electron chi connectivity index (χ0n) is 14.3. The Bertz CT molecular complexity index is 774. The van der Waals surface area contributed by atoms with Crippen molar-refractivity contribution in [3.05, 3.63) is 64.7 Å². The van der Waals surface area contributed by atoms with Crippen LogP contribution in [0.2, 0.25) is 5.02 Å². The number of likely N-dealkylation sites (N-methyl/N-ethyl adjacent to an activating group) is 1. The summed E-state index contributed by atoms with van der Waals surface area (Å²) in [6.45, 7) is 2.79. The molecule has 0 aromatic heterocycles. The van der Waals surface area contributed by atoms with Crippen LogP contribution in [0.15, 0.2) is 48.5 Å². The van der Waals surface area contributed by atoms with E-state index < -0.39 is 5.60 Å². The Morgan fingerprint density at radius 3 is 2.76 bits per heavy atom. The average Bonchev–Trinajstić information content (AvgIpc) is 2.96. The molecule has 1 N–H and O–H groups in total. The minimum absolute atomic E-state index is 0.466. The molecule has 4 nitrogen and oxygen atoms in total. The minimum Gasteiger partial charge on any atom is -0.387 e. The first kappa shape index (κ1) is 17.8. The molecule has 25 heavy (non-hydrogen) atoms. The molecule has 130 valence electrons. The van der Waals surface area contributed by atoms with Gasteiger partial charge in [0.1, 0.15) is 6.07 Å². The molecule has 1 heterocycles. The maximum Gasteiger partial charge on any atom is 0.101 e. The van der Waals surface area contributed by atoms with Crippen molar-refractivity contribution in [2.24, 2.45) is 0 Å². The number of benzene rings is 2. The van der Waals surface area contributed by atoms with E-state index in [2.05, 4.69) is 23.1 Å². The molecule has 0 saturated carbocycles. The van der Waals surface area contributed by atoms with Crippen LogP contribution in [0, 0.1) is 11.3 Å². The SMILES string of the molecule is CN(CC1(O)CCN(Cc2ccccc2)C1)c1cc(Cl)ccc1C#N. The van der Waals surface area contributed by atoms with Gasteiger partial charge in [0.15, 0.2) is 0 Å². The van der Waals surface area contributed by atoms with Crippen molar-refractivity contribution >= 4 is 17.3 Å². The zero-order chi connectivity index (χ0) is 17.9. The van der Waals surface area contributed by atoms with E-state index in [-0.39, 0.29) is 0 Å². The lowest BCUT2D eigenvalue weighted by Crippen LogP contribution is -2.44. The number of nitrogens with zero attached hydrogens (tertiary/aromatic N) is 3. The summed E-state index contributed by atoms with van der Waals surface area (Å²) < 4.78 is 0. The lowest BCUT2D eigenvalue weighted by atomic mass is 10.0. The number of likely N-dealkylation sites (tertiary alicyclic amines) is 1. The van der Waals surface area contributed by atoms with Crippen LogP contribution >= 0.6 is 11.6 Å². The third kappa shape index (κ3) is 4.32. The van der Waals surface area contributed by atoms with Gasteiger partial charge in [-0.05, 0) is 30.2 Å². The largest absolute Gasteiger partial charge is 0.387 e. The van der Waals surface area contributed by atoms with Crippen LogP contribution in [0.25, 0.3) is 0 Å². The van der Waals surface area contributed by atoms with E-state index in [1.54, 1.807) is 18.2 Å². The predicted molar refractivity (Wildman–Crippen MR) is 101 cm³/mol. The third-order valence-electron chi connectivity index (χ3n) is 4.68. The summed E-state index contributed by atoms with van der Waals surface area (Å²) in [5, 5.41) is 20.9. The van der Waals surface area contributed by atoms with Gasteiger partial charge in [-0.3, -0.25) is 4.90 Å². The molecular formula is C20H22ClN3O. The van der Waals surface area contributed by atoms with E-state index in [0.29, 0.717) is 30.1 Å². The minimum atomic E-state index is -0.793. The van der Waals surface area contributed by atoms with Crippen LogP contribution < -0.4 is 4.90 Å². The highest BCUT2D eigenvalue weighted by atomic mass is 35.5. The number of anilines is 1. The number of hydrogen-bond acceptors (Lipinski definition) is 4. The second-order valence-electron chi connectivity index (χ2n) is 6.80. The number of rotatable bonds is 5. The Balaban J connectivity index is 1.67. The Labute approximate surface area is 153 Å². The Morgan fingerprint density at radius 2 is 2.04 bits per heavy atom. The number of β-amino-alcohol motifs (C(OH)–C–C–N with tert-alkyl or cyclic N) is 1. The van der Waals surface area contributed by atoms with Crippen LogP contribution in [0.4, 0.5) is 5.69 Å². The van der Waals surface area contributed by atoms with E-state index in [9.17, 15) is 10.4 Å². The average molecular weight is 356 g/mol. The van der Waals surface area contributed by atoms with Crippen molar-refractivity contribution in [2.45, 2.75) is 18.6 Å². The number of aliphatic hydroxyl groups is 1. The summed E-state index contributed by atoms with van der Waals surface area (Å²) in [6, 6.07) is 17.7. The van der Waals surface area contributed by atoms with Crippen molar-refractivity contribution in [1.29, 1.82) is 5.26 Å². The summed E-state index contributed by atoms with van der Waals surface area (Å²) in [7, 11) is 1.89. The van der Waals surface area contributed by atoms with Crippen LogP contribution in [-0.2, 0) is 6.54 Å². The lowest BCUT2D eigenvalue weighted by molar-refractivity contribution is 0.0562. The number of nitriles is 1. The first-order valence-corrected chi connectivity index (χ1v) is 8.76. The highest BCUT2D eigenvalue weighted by Crippen LogP contribution is 2.28. The van der Waals surface area contributed by atoms with Crippen molar-refractivity contribution in [3.63, 3.8) is 0 Å². The van der Waals surface area contributed by atoms with Crippen LogP contribution in [0.5, 0.6) is 0 Å². The van der Waals surface area contributed by atoms with Gasteiger partial charge < -0.3 is 10.0 Å². The Morgan fingerprint density at radius 1 is 1.28 bits per heavy atom. The molecular weight excluding hydrogens is 334 g/mol. The Kier molecular flexibility index (Phi) is 5.29. The molecule has 0 amide bonds. The summed E-state index contributed by atoms with van der Waals surface area (Å²) in [4.78, 5) is 4.20. The highest BCUT2D eigenvalue weighted by Gasteiger charge is 2.37. The second-order valence-corrected chi connectivity index (χ2v) is 7.24. The van der Waals surface area contributed by atoms with Gasteiger partial charge in [0.05, 0.1) is 16.9 Å². The maximum atomic E-state index is 11.0. The standard InChI is InChI=1S/C20H22ClN3O/c1-23(19-11-18(21)8-7-17(19)12-22)14-20(25)9-10-24(15-20)13-16-5-3-2-4-6-16/h2-8,11,25H,9-10,13-15H2,1H3. The van der Waals surface area contributed by atoms with Crippen molar-refractivity contribution in [1.82, 2.24) is 4.90 Å². The number of halogens is 1. The quantitative estimate of drug-likeness (QED) is 0.894. The zero-order valence-corrected chi connectivity index (χ0v) is 15.1. The van der Waals surface area contributed by atoms with Gasteiger partial charge in [0, 0.05) is 38.2 Å². The fraction of sp³-hybridized carbons (Fsp3) is 0.350. The molecule has 1 aliphatic rings. The van der Waals surface area contributed by atoms with Crippen molar-refractivity contribution in [2.75, 3.05) is 31.6 Å².